The number of aliphatic hydroxyl groups excluding tert-OH is 2. The molecule has 3 aliphatic heterocycles. The number of para-hydroxylation sites is 2. The number of aromatic hydroxyl groups is 1. The van der Waals surface area contributed by atoms with Crippen LogP contribution in [-0.2, 0) is 106 Å². The molecule has 23 N–H and O–H groups in total. The minimum atomic E-state index is -1.91. The number of nitrogens with zero attached hydrogens (tertiary/aromatic N) is 5. The van der Waals surface area contributed by atoms with Gasteiger partial charge >= 0.3 is 0 Å². The molecule has 3 aliphatic rings. The number of nitrogens with one attached hydrogen (secondary N) is 12. The lowest BCUT2D eigenvalue weighted by molar-refractivity contribution is -0.149. The summed E-state index contributed by atoms with van der Waals surface area (Å²) in [4.78, 5) is 269. The molecule has 2 aromatic heterocycles. The summed E-state index contributed by atoms with van der Waals surface area (Å²) < 4.78 is 0. The van der Waals surface area contributed by atoms with Gasteiger partial charge in [-0.05, 0) is 86.9 Å². The van der Waals surface area contributed by atoms with Crippen molar-refractivity contribution in [3.8, 4) is 5.75 Å². The highest BCUT2D eigenvalue weighted by Crippen LogP contribution is 2.27. The van der Waals surface area contributed by atoms with Crippen LogP contribution in [0.4, 0.5) is 0 Å². The minimum absolute atomic E-state index is 0.00419. The molecule has 8 rings (SSSR count). The number of primary amides is 3. The summed E-state index contributed by atoms with van der Waals surface area (Å²) in [6.45, 7) is 3.00. The summed E-state index contributed by atoms with van der Waals surface area (Å²) in [5.74, 6) is -18.7. The number of phenolic OH excluding ortho intramolecular Hbond substituents is 1. The Labute approximate surface area is 736 Å². The van der Waals surface area contributed by atoms with Crippen LogP contribution in [0.25, 0.3) is 21.8 Å². The van der Waals surface area contributed by atoms with E-state index in [0.717, 1.165) is 36.3 Å². The molecule has 18 amide bonds. The largest absolute Gasteiger partial charge is 0.508 e. The van der Waals surface area contributed by atoms with Crippen LogP contribution in [0.5, 0.6) is 5.75 Å². The summed E-state index contributed by atoms with van der Waals surface area (Å²) >= 11 is 0.769. The van der Waals surface area contributed by atoms with Gasteiger partial charge in [-0.1, -0.05) is 88.1 Å². The monoisotopic (exact) mass is 1790 g/mol. The zero-order chi connectivity index (χ0) is 93.2. The average Bonchev–Trinajstić information content (AvgIpc) is 1.68. The second kappa shape index (κ2) is 47.0. The van der Waals surface area contributed by atoms with Crippen molar-refractivity contribution < 1.29 is 102 Å². The van der Waals surface area contributed by atoms with E-state index in [4.69, 9.17) is 22.9 Å². The topological polar surface area (TPSA) is 640 Å². The third-order valence-electron chi connectivity index (χ3n) is 22.7. The number of carbonyl (C=O) groups is 18. The van der Waals surface area contributed by atoms with Gasteiger partial charge < -0.3 is 126 Å². The molecule has 127 heavy (non-hydrogen) atoms. The molecule has 0 bridgehead atoms. The Hall–Kier alpha value is -12.8. The van der Waals surface area contributed by atoms with E-state index < -0.39 is 260 Å². The van der Waals surface area contributed by atoms with E-state index in [0.29, 0.717) is 64.2 Å². The number of nitrogens with two attached hydrogens (primary N) is 4. The van der Waals surface area contributed by atoms with Gasteiger partial charge in [0.2, 0.25) is 106 Å². The van der Waals surface area contributed by atoms with Crippen molar-refractivity contribution >= 4 is 140 Å². The first-order valence-corrected chi connectivity index (χ1v) is 43.2. The molecular formula is C84H117N21O21S. The highest BCUT2D eigenvalue weighted by molar-refractivity contribution is 8.00. The van der Waals surface area contributed by atoms with Gasteiger partial charge in [-0.25, -0.2) is 0 Å². The average molecular weight is 1790 g/mol. The van der Waals surface area contributed by atoms with Crippen LogP contribution in [0.15, 0.2) is 85.2 Å². The van der Waals surface area contributed by atoms with Crippen molar-refractivity contribution in [3.05, 3.63) is 102 Å². The number of likely N-dealkylation sites (N-methyl/N-ethyl adjacent to an activating group) is 3. The summed E-state index contributed by atoms with van der Waals surface area (Å²) in [6.07, 6.45) is 0.256. The van der Waals surface area contributed by atoms with Crippen LogP contribution < -0.4 is 76.1 Å². The molecule has 5 aromatic rings. The second-order valence-electron chi connectivity index (χ2n) is 32.0. The number of hydrogen-bond acceptors (Lipinski definition) is 23. The number of rotatable bonds is 22. The Kier molecular flexibility index (Phi) is 36.9. The zero-order valence-corrected chi connectivity index (χ0v) is 72.8. The molecule has 0 radical (unpaired) electrons. The number of amides is 18. The van der Waals surface area contributed by atoms with Gasteiger partial charge in [-0.2, -0.15) is 0 Å². The lowest BCUT2D eigenvalue weighted by Crippen LogP contribution is -2.62. The smallest absolute Gasteiger partial charge is 0.246 e. The Bertz CT molecular complexity index is 4840. The van der Waals surface area contributed by atoms with E-state index in [-0.39, 0.29) is 57.2 Å². The first-order valence-electron chi connectivity index (χ1n) is 42.1. The van der Waals surface area contributed by atoms with Crippen LogP contribution in [0.3, 0.4) is 0 Å². The maximum atomic E-state index is 15.6. The van der Waals surface area contributed by atoms with Crippen molar-refractivity contribution in [3.63, 3.8) is 0 Å². The number of thioether (sulfide) groups is 1. The van der Waals surface area contributed by atoms with Gasteiger partial charge in [0, 0.05) is 113 Å². The molecule has 42 nitrogen and oxygen atoms in total. The summed E-state index contributed by atoms with van der Waals surface area (Å²) in [6, 6.07) is -2.82. The highest BCUT2D eigenvalue weighted by Gasteiger charge is 2.46. The Morgan fingerprint density at radius 2 is 1.05 bits per heavy atom. The number of fused-ring (bicyclic) bond motifs is 4. The third-order valence-corrected chi connectivity index (χ3v) is 23.7. The molecule has 3 saturated heterocycles. The predicted octanol–water partition coefficient (Wildman–Crippen LogP) is -4.96. The number of hydrogen-bond donors (Lipinski definition) is 19. The van der Waals surface area contributed by atoms with Crippen LogP contribution in [-0.4, -0.2) is 312 Å². The van der Waals surface area contributed by atoms with Gasteiger partial charge in [0.1, 0.15) is 90.3 Å². The summed E-state index contributed by atoms with van der Waals surface area (Å²) in [5, 5.41) is 59.2. The number of aromatic nitrogens is 2. The molecule has 0 spiro atoms. The molecule has 3 fully saturated rings. The Balaban J connectivity index is 1.16. The van der Waals surface area contributed by atoms with E-state index >= 15 is 28.8 Å². The fourth-order valence-corrected chi connectivity index (χ4v) is 16.2. The van der Waals surface area contributed by atoms with E-state index in [9.17, 15) is 72.9 Å². The zero-order valence-electron chi connectivity index (χ0n) is 71.9. The van der Waals surface area contributed by atoms with Gasteiger partial charge in [-0.15, -0.1) is 11.8 Å². The normalized spacial score (nSPS) is 25.6. The van der Waals surface area contributed by atoms with E-state index in [1.165, 1.54) is 59.3 Å². The number of benzene rings is 3. The van der Waals surface area contributed by atoms with Crippen LogP contribution in [0, 0.1) is 0 Å². The number of phenols is 1. The Morgan fingerprint density at radius 3 is 1.65 bits per heavy atom. The molecule has 15 atom stereocenters. The van der Waals surface area contributed by atoms with Gasteiger partial charge in [0.25, 0.3) is 0 Å². The number of aliphatic hydroxyl groups is 2. The van der Waals surface area contributed by atoms with Crippen molar-refractivity contribution in [2.24, 2.45) is 22.9 Å². The lowest BCUT2D eigenvalue weighted by Gasteiger charge is -2.36. The molecule has 43 heteroatoms. The number of aromatic amines is 2. The minimum Gasteiger partial charge on any atom is -0.508 e. The third kappa shape index (κ3) is 27.1. The van der Waals surface area contributed by atoms with Crippen molar-refractivity contribution in [1.82, 2.24) is 87.6 Å². The van der Waals surface area contributed by atoms with Crippen molar-refractivity contribution in [1.29, 1.82) is 0 Å². The van der Waals surface area contributed by atoms with Crippen LogP contribution in [0.1, 0.15) is 121 Å². The fraction of sp³-hybridized carbons (Fsp3) is 0.524. The van der Waals surface area contributed by atoms with Gasteiger partial charge in [0.05, 0.1) is 31.4 Å². The Morgan fingerprint density at radius 1 is 0.520 bits per heavy atom. The first kappa shape index (κ1) is 99.7. The highest BCUT2D eigenvalue weighted by atomic mass is 32.2. The quantitative estimate of drug-likeness (QED) is 0.0309. The molecule has 0 saturated carbocycles. The summed E-state index contributed by atoms with van der Waals surface area (Å²) in [7, 11) is 3.87. The maximum absolute atomic E-state index is 15.6. The standard InChI is InChI=1S/C84H117N21O21S/c1-8-10-21-63-77(119)92-44(3)71(113)100-62(73(115)91-39-69(88)111)42-127-43-70(112)93-57(31-46-24-26-49(107)27-25-46)80(122)101(5)45(4)72(114)96-59(35-68(87)110)83(125)104-30-16-23-64(104)78(120)98-60(36-85)75(117)94-55(28-29-67(86)109)82(124)105-40-50(108)34-66(105)79(121)95-56(32-47-37-89-53-19-14-12-17-51(47)53)74(116)99-61(41-106)76(118)97-58(33-48-38-90-54-20-15-13-18-52(48)54)81(123)103(7)65(22-11-9-2)84(126)102(63)6/h12-15,17-20,24-27,37-38,44-45,50,55-66,89-90,106-108H,8-11,16,21-23,28-36,39-43,85H2,1-7H3,(H2,86,109)(H2,87,110)(H2,88,111)(H,91,115)(H,92,119)(H,93,112)(H,94,117)(H,95,121)(H,96,114)(H,97,118)(H,98,120)(H,99,116)(H,100,113)/t44-,45-,50+,55-,56-,57-,58-,59-,60-,61-,62-,63-,64?,65-,66-/m0/s1. The molecule has 5 heterocycles. The van der Waals surface area contributed by atoms with Crippen molar-refractivity contribution in [2.75, 3.05) is 65.4 Å². The predicted molar refractivity (Wildman–Crippen MR) is 462 cm³/mol. The SMILES string of the molecule is CCCC[C@H]1C(=O)N(C)[C@@H](CCCC)C(=O)N[C@@H](C)C(=O)N[C@H](C(=O)NCC(N)=O)CSCC(=O)N[C@@H](Cc2ccc(O)cc2)C(=O)N(C)[C@@H](C)C(=O)N[C@@H](CC(N)=O)C(=O)N2CCCC2C(=O)N[C@@H](CN)C(=O)N[C@@H](CCC(N)=O)C(=O)N2C[C@H](O)C[C@H]2C(=O)N[C@@H](Cc2c[nH]c3ccccc23)C(=O)N[C@@H](CO)C(=O)N[C@@H](Cc2c[nH]c3ccccc23)C(=O)N1C. The number of carbonyl (C=O) groups excluding carboxylic acids is 18. The van der Waals surface area contributed by atoms with Gasteiger partial charge in [0.15, 0.2) is 0 Å². The van der Waals surface area contributed by atoms with Crippen molar-refractivity contribution in [2.45, 2.75) is 215 Å². The van der Waals surface area contributed by atoms with E-state index in [1.807, 2.05) is 13.8 Å². The first-order chi connectivity index (χ1) is 60.4. The fourth-order valence-electron chi connectivity index (χ4n) is 15.4. The molecule has 0 aliphatic carbocycles. The number of unbranched alkanes of at least 4 members (excludes halogenated alkanes) is 2. The number of H-pyrrole nitrogens is 2. The molecule has 3 aromatic carbocycles. The molecular weight excluding hydrogens is 1670 g/mol. The van der Waals surface area contributed by atoms with Crippen LogP contribution >= 0.6 is 11.8 Å². The van der Waals surface area contributed by atoms with E-state index in [1.54, 1.807) is 60.9 Å². The molecule has 1 unspecified atom stereocenters. The second-order valence-corrected chi connectivity index (χ2v) is 33.0. The van der Waals surface area contributed by atoms with Crippen LogP contribution in [0.2, 0.25) is 0 Å². The van der Waals surface area contributed by atoms with Gasteiger partial charge in [-0.3, -0.25) is 86.3 Å². The molecule has 690 valence electrons. The maximum Gasteiger partial charge on any atom is 0.246 e. The summed E-state index contributed by atoms with van der Waals surface area (Å²) in [5.41, 5.74) is 25.3. The van der Waals surface area contributed by atoms with E-state index in [2.05, 4.69) is 63.1 Å². The lowest BCUT2D eigenvalue weighted by atomic mass is 10.00.